The Morgan fingerprint density at radius 1 is 1.29 bits per heavy atom. The highest BCUT2D eigenvalue weighted by Gasteiger charge is 2.37. The molecule has 9 heteroatoms. The second-order valence-corrected chi connectivity index (χ2v) is 8.29. The number of aryl methyl sites for hydroxylation is 1. The van der Waals surface area contributed by atoms with Crippen molar-refractivity contribution in [1.82, 2.24) is 30.2 Å². The summed E-state index contributed by atoms with van der Waals surface area (Å²) < 4.78 is 4.70. The Morgan fingerprint density at radius 2 is 2.10 bits per heavy atom. The van der Waals surface area contributed by atoms with Crippen molar-refractivity contribution in [2.24, 2.45) is 5.92 Å². The molecule has 3 heterocycles. The number of hydrogen-bond donors (Lipinski definition) is 3. The molecule has 0 radical (unpaired) electrons. The van der Waals surface area contributed by atoms with Crippen LogP contribution in [0.1, 0.15) is 44.1 Å². The monoisotopic (exact) mass is 424 g/mol. The second-order valence-electron chi connectivity index (χ2n) is 8.29. The molecule has 2 atom stereocenters. The molecule has 1 aromatic carbocycles. The summed E-state index contributed by atoms with van der Waals surface area (Å²) in [5.41, 5.74) is 4.85. The Labute approximate surface area is 180 Å². The lowest BCUT2D eigenvalue weighted by Gasteiger charge is -2.30. The van der Waals surface area contributed by atoms with Crippen molar-refractivity contribution in [2.45, 2.75) is 45.7 Å². The highest BCUT2D eigenvalue weighted by molar-refractivity contribution is 5.92. The highest BCUT2D eigenvalue weighted by atomic mass is 16.5. The van der Waals surface area contributed by atoms with Crippen molar-refractivity contribution in [3.05, 3.63) is 36.0 Å². The first-order valence-electron chi connectivity index (χ1n) is 10.5. The van der Waals surface area contributed by atoms with Crippen LogP contribution in [0.15, 0.2) is 24.7 Å². The first kappa shape index (κ1) is 20.9. The van der Waals surface area contributed by atoms with Gasteiger partial charge in [-0.05, 0) is 31.2 Å². The van der Waals surface area contributed by atoms with Gasteiger partial charge in [0.1, 0.15) is 11.9 Å². The Bertz CT molecular complexity index is 1100. The normalized spacial score (nSPS) is 17.3. The summed E-state index contributed by atoms with van der Waals surface area (Å²) >= 11 is 0. The molecule has 31 heavy (non-hydrogen) atoms. The number of nitrogens with zero attached hydrogens (tertiary/aromatic N) is 3. The van der Waals surface area contributed by atoms with Crippen molar-refractivity contribution < 1.29 is 14.3 Å². The number of methoxy groups -OCH3 is 1. The lowest BCUT2D eigenvalue weighted by molar-refractivity contribution is -0.135. The van der Waals surface area contributed by atoms with E-state index in [2.05, 4.69) is 25.3 Å². The van der Waals surface area contributed by atoms with Crippen LogP contribution < -0.4 is 5.32 Å². The van der Waals surface area contributed by atoms with E-state index in [0.29, 0.717) is 6.54 Å². The number of aromatic nitrogens is 4. The third-order valence-corrected chi connectivity index (χ3v) is 5.91. The number of carbonyl (C=O) groups is 2. The molecule has 3 aromatic rings. The number of nitrogens with one attached hydrogen (secondary N) is 3. The number of imidazole rings is 2. The molecule has 2 amide bonds. The van der Waals surface area contributed by atoms with Crippen LogP contribution in [0, 0.1) is 12.8 Å². The zero-order chi connectivity index (χ0) is 22.1. The van der Waals surface area contributed by atoms with Crippen LogP contribution in [0.3, 0.4) is 0 Å². The number of hydrogen-bond acceptors (Lipinski definition) is 5. The van der Waals surface area contributed by atoms with Crippen LogP contribution in [-0.4, -0.2) is 56.5 Å². The summed E-state index contributed by atoms with van der Waals surface area (Å²) in [5, 5.41) is 2.67. The van der Waals surface area contributed by atoms with Gasteiger partial charge >= 0.3 is 6.09 Å². The number of likely N-dealkylation sites (tertiary alicyclic amines) is 1. The fourth-order valence-corrected chi connectivity index (χ4v) is 4.23. The minimum atomic E-state index is -0.649. The molecule has 1 fully saturated rings. The van der Waals surface area contributed by atoms with E-state index >= 15 is 0 Å². The zero-order valence-corrected chi connectivity index (χ0v) is 18.2. The van der Waals surface area contributed by atoms with Crippen molar-refractivity contribution >= 4 is 23.0 Å². The van der Waals surface area contributed by atoms with Gasteiger partial charge in [0.15, 0.2) is 0 Å². The zero-order valence-electron chi connectivity index (χ0n) is 18.2. The number of fused-ring (bicyclic) bond motifs is 1. The standard InChI is InChI=1S/C22H28N6O3/c1-12(2)17(27-22(30)31-4)21(29)28-9-5-6-16(28)20-23-10-15(26-20)14-8-7-13(3)18-19(14)25-11-24-18/h7-8,10-12,16-17H,5-6,9H2,1-4H3,(H,23,26)(H,24,25)(H,27,30)/t16-,17-/m0/s1. The van der Waals surface area contributed by atoms with Crippen LogP contribution in [0.5, 0.6) is 0 Å². The molecule has 1 saturated heterocycles. The predicted octanol–water partition coefficient (Wildman–Crippen LogP) is 3.31. The number of benzene rings is 1. The van der Waals surface area contributed by atoms with E-state index in [9.17, 15) is 9.59 Å². The average molecular weight is 425 g/mol. The number of ether oxygens (including phenoxy) is 1. The highest BCUT2D eigenvalue weighted by Crippen LogP contribution is 2.34. The Hall–Kier alpha value is -3.36. The van der Waals surface area contributed by atoms with Gasteiger partial charge < -0.3 is 24.9 Å². The van der Waals surface area contributed by atoms with Crippen LogP contribution >= 0.6 is 0 Å². The van der Waals surface area contributed by atoms with E-state index in [1.165, 1.54) is 7.11 Å². The number of carbonyl (C=O) groups excluding carboxylic acids is 2. The SMILES string of the molecule is COC(=O)N[C@H](C(=O)N1CCC[C@H]1c1ncc(-c2ccc(C)c3nc[nH]c23)[nH]1)C(C)C. The van der Waals surface area contributed by atoms with Gasteiger partial charge in [-0.1, -0.05) is 26.0 Å². The van der Waals surface area contributed by atoms with E-state index in [1.54, 1.807) is 12.5 Å². The third-order valence-electron chi connectivity index (χ3n) is 5.91. The largest absolute Gasteiger partial charge is 0.453 e. The summed E-state index contributed by atoms with van der Waals surface area (Å²) in [5.74, 6) is 0.558. The molecule has 0 aliphatic carbocycles. The van der Waals surface area contributed by atoms with Crippen LogP contribution in [0.2, 0.25) is 0 Å². The molecule has 4 rings (SSSR count). The van der Waals surface area contributed by atoms with Crippen LogP contribution in [-0.2, 0) is 9.53 Å². The van der Waals surface area contributed by atoms with Gasteiger partial charge in [-0.25, -0.2) is 14.8 Å². The third kappa shape index (κ3) is 3.87. The molecule has 2 aromatic heterocycles. The van der Waals surface area contributed by atoms with E-state index in [4.69, 9.17) is 4.74 Å². The molecule has 9 nitrogen and oxygen atoms in total. The Balaban J connectivity index is 1.60. The lowest BCUT2D eigenvalue weighted by atomic mass is 10.0. The van der Waals surface area contributed by atoms with Crippen LogP contribution in [0.4, 0.5) is 4.79 Å². The maximum atomic E-state index is 13.3. The fourth-order valence-electron chi connectivity index (χ4n) is 4.23. The molecule has 0 bridgehead atoms. The van der Waals surface area contributed by atoms with Gasteiger partial charge in [0.2, 0.25) is 5.91 Å². The lowest BCUT2D eigenvalue weighted by Crippen LogP contribution is -2.51. The maximum Gasteiger partial charge on any atom is 0.407 e. The van der Waals surface area contributed by atoms with Crippen molar-refractivity contribution in [3.8, 4) is 11.3 Å². The van der Waals surface area contributed by atoms with Gasteiger partial charge in [0.25, 0.3) is 0 Å². The average Bonchev–Trinajstić information content (AvgIpc) is 3.51. The molecule has 164 valence electrons. The molecule has 1 aliphatic rings. The molecular formula is C22H28N6O3. The molecule has 3 N–H and O–H groups in total. The summed E-state index contributed by atoms with van der Waals surface area (Å²) in [4.78, 5) is 42.5. The second kappa shape index (κ2) is 8.41. The smallest absolute Gasteiger partial charge is 0.407 e. The Morgan fingerprint density at radius 3 is 2.84 bits per heavy atom. The number of amides is 2. The van der Waals surface area contributed by atoms with Crippen molar-refractivity contribution in [3.63, 3.8) is 0 Å². The number of rotatable bonds is 5. The minimum absolute atomic E-state index is 0.0683. The topological polar surface area (TPSA) is 116 Å². The van der Waals surface area contributed by atoms with E-state index in [0.717, 1.165) is 46.5 Å². The first-order valence-corrected chi connectivity index (χ1v) is 10.5. The molecule has 0 spiro atoms. The number of alkyl carbamates (subject to hydrolysis) is 1. The van der Waals surface area contributed by atoms with Crippen molar-refractivity contribution in [2.75, 3.05) is 13.7 Å². The molecule has 0 saturated carbocycles. The quantitative estimate of drug-likeness (QED) is 0.581. The van der Waals surface area contributed by atoms with E-state index in [-0.39, 0.29) is 17.9 Å². The summed E-state index contributed by atoms with van der Waals surface area (Å²) in [6, 6.07) is 3.27. The predicted molar refractivity (Wildman–Crippen MR) is 116 cm³/mol. The Kier molecular flexibility index (Phi) is 5.67. The van der Waals surface area contributed by atoms with Crippen molar-refractivity contribution in [1.29, 1.82) is 0 Å². The van der Waals surface area contributed by atoms with Gasteiger partial charge in [0, 0.05) is 12.1 Å². The number of aromatic amines is 2. The first-order chi connectivity index (χ1) is 14.9. The van der Waals surface area contributed by atoms with Crippen LogP contribution in [0.25, 0.3) is 22.3 Å². The maximum absolute atomic E-state index is 13.3. The van der Waals surface area contributed by atoms with Gasteiger partial charge in [-0.2, -0.15) is 0 Å². The number of H-pyrrole nitrogens is 2. The van der Waals surface area contributed by atoms with Gasteiger partial charge in [-0.15, -0.1) is 0 Å². The molecule has 0 unspecified atom stereocenters. The fraction of sp³-hybridized carbons (Fsp3) is 0.455. The summed E-state index contributed by atoms with van der Waals surface area (Å²) in [6.45, 7) is 6.46. The van der Waals surface area contributed by atoms with E-state index in [1.807, 2.05) is 37.8 Å². The molecular weight excluding hydrogens is 396 g/mol. The van der Waals surface area contributed by atoms with Gasteiger partial charge in [0.05, 0.1) is 42.4 Å². The van der Waals surface area contributed by atoms with Gasteiger partial charge in [-0.3, -0.25) is 4.79 Å². The summed E-state index contributed by atoms with van der Waals surface area (Å²) in [7, 11) is 1.29. The minimum Gasteiger partial charge on any atom is -0.453 e. The molecule has 1 aliphatic heterocycles. The van der Waals surface area contributed by atoms with E-state index < -0.39 is 12.1 Å². The summed E-state index contributed by atoms with van der Waals surface area (Å²) in [6.07, 6.45) is 4.58.